The molecule has 6 aliphatic rings. The van der Waals surface area contributed by atoms with Crippen molar-refractivity contribution in [3.63, 3.8) is 0 Å². The van der Waals surface area contributed by atoms with Crippen LogP contribution in [0.2, 0.25) is 0 Å². The van der Waals surface area contributed by atoms with Gasteiger partial charge in [-0.15, -0.1) is 0 Å². The van der Waals surface area contributed by atoms with Crippen LogP contribution in [0.1, 0.15) is 113 Å². The second kappa shape index (κ2) is 7.05. The van der Waals surface area contributed by atoms with E-state index in [-0.39, 0.29) is 11.5 Å². The Labute approximate surface area is 208 Å². The molecule has 0 amide bonds. The number of carbonyl (C=O) groups excluding carboxylic acids is 1. The van der Waals surface area contributed by atoms with Crippen molar-refractivity contribution >= 4 is 6.47 Å². The van der Waals surface area contributed by atoms with Crippen LogP contribution in [0.5, 0.6) is 0 Å². The molecule has 5 aliphatic carbocycles. The van der Waals surface area contributed by atoms with Gasteiger partial charge in [0.05, 0.1) is 12.7 Å². The Hall–Kier alpha value is -0.570. The highest BCUT2D eigenvalue weighted by Crippen LogP contribution is 2.78. The zero-order valence-electron chi connectivity index (χ0n) is 23.0. The summed E-state index contributed by atoms with van der Waals surface area (Å²) in [6, 6.07) is 0. The number of fused-ring (bicyclic) bond motifs is 5. The molecule has 10 atom stereocenters. The number of rotatable bonds is 2. The van der Waals surface area contributed by atoms with Crippen LogP contribution in [0.4, 0.5) is 0 Å². The molecule has 1 aliphatic heterocycles. The number of ether oxygens (including phenoxy) is 2. The van der Waals surface area contributed by atoms with Gasteiger partial charge in [0.2, 0.25) is 0 Å². The first-order chi connectivity index (χ1) is 15.9. The van der Waals surface area contributed by atoms with Crippen molar-refractivity contribution in [2.45, 2.75) is 125 Å². The normalized spacial score (nSPS) is 56.9. The quantitative estimate of drug-likeness (QED) is 0.394. The molecule has 0 radical (unpaired) electrons. The Morgan fingerprint density at radius 3 is 2.24 bits per heavy atom. The molecule has 0 spiro atoms. The van der Waals surface area contributed by atoms with Gasteiger partial charge in [-0.1, -0.05) is 48.5 Å². The highest BCUT2D eigenvalue weighted by Gasteiger charge is 2.72. The molecule has 0 aromatic carbocycles. The fraction of sp³-hybridized carbons (Fsp3) is 0.968. The Kier molecular flexibility index (Phi) is 4.93. The van der Waals surface area contributed by atoms with E-state index in [1.807, 2.05) is 0 Å². The second-order valence-corrected chi connectivity index (χ2v) is 15.9. The second-order valence-electron chi connectivity index (χ2n) is 15.9. The Morgan fingerprint density at radius 2 is 1.50 bits per heavy atom. The molecule has 2 bridgehead atoms. The largest absolute Gasteiger partial charge is 0.464 e. The van der Waals surface area contributed by atoms with Gasteiger partial charge in [0.15, 0.2) is 0 Å². The van der Waals surface area contributed by atoms with E-state index in [2.05, 4.69) is 48.5 Å². The topological polar surface area (TPSA) is 35.5 Å². The first-order valence-corrected chi connectivity index (χ1v) is 14.6. The van der Waals surface area contributed by atoms with E-state index in [1.165, 1.54) is 57.8 Å². The number of carbonyl (C=O) groups is 1. The minimum Gasteiger partial charge on any atom is -0.464 e. The van der Waals surface area contributed by atoms with Crippen LogP contribution in [0, 0.1) is 56.2 Å². The molecule has 0 aromatic heterocycles. The maximum Gasteiger partial charge on any atom is 0.293 e. The van der Waals surface area contributed by atoms with E-state index >= 15 is 0 Å². The van der Waals surface area contributed by atoms with Crippen molar-refractivity contribution < 1.29 is 14.3 Å². The lowest BCUT2D eigenvalue weighted by molar-refractivity contribution is -0.253. The summed E-state index contributed by atoms with van der Waals surface area (Å²) in [6.45, 7) is 19.6. The third kappa shape index (κ3) is 2.67. The van der Waals surface area contributed by atoms with Gasteiger partial charge >= 0.3 is 0 Å². The Balaban J connectivity index is 1.36. The van der Waals surface area contributed by atoms with Crippen molar-refractivity contribution in [3.05, 3.63) is 0 Å². The summed E-state index contributed by atoms with van der Waals surface area (Å²) < 4.78 is 12.4. The highest BCUT2D eigenvalue weighted by molar-refractivity contribution is 5.38. The van der Waals surface area contributed by atoms with E-state index < -0.39 is 0 Å². The van der Waals surface area contributed by atoms with Gasteiger partial charge in [-0.25, -0.2) is 0 Å². The van der Waals surface area contributed by atoms with E-state index in [4.69, 9.17) is 9.47 Å². The first kappa shape index (κ1) is 23.8. The lowest BCUT2D eigenvalue weighted by Gasteiger charge is -2.73. The Morgan fingerprint density at radius 1 is 0.765 bits per heavy atom. The summed E-state index contributed by atoms with van der Waals surface area (Å²) in [7, 11) is 0. The average molecular weight is 471 g/mol. The molecule has 5 saturated carbocycles. The molecule has 3 nitrogen and oxygen atoms in total. The smallest absolute Gasteiger partial charge is 0.293 e. The summed E-state index contributed by atoms with van der Waals surface area (Å²) in [5, 5.41) is 0. The fourth-order valence-electron chi connectivity index (χ4n) is 12.3. The van der Waals surface area contributed by atoms with Crippen molar-refractivity contribution in [1.29, 1.82) is 0 Å². The summed E-state index contributed by atoms with van der Waals surface area (Å²) in [5.41, 5.74) is 2.02. The van der Waals surface area contributed by atoms with Crippen LogP contribution in [0.3, 0.4) is 0 Å². The van der Waals surface area contributed by atoms with E-state index in [1.54, 1.807) is 0 Å². The van der Waals surface area contributed by atoms with Gasteiger partial charge in [-0.2, -0.15) is 0 Å². The van der Waals surface area contributed by atoms with E-state index in [0.717, 1.165) is 30.8 Å². The molecule has 192 valence electrons. The maximum atomic E-state index is 11.3. The summed E-state index contributed by atoms with van der Waals surface area (Å²) >= 11 is 0. The van der Waals surface area contributed by atoms with Crippen LogP contribution in [-0.2, 0) is 14.3 Å². The third-order valence-corrected chi connectivity index (χ3v) is 14.3. The SMILES string of the molecule is CC1(C)CC[C@]23CC[C@]4(C)[C@H](CC[C@@H]5[C@@]6(C)CC[C@H](OC=O)C(C)(C)[C@@H]6CC[C@]54C)C2[C@@H]1OC3. The zero-order valence-corrected chi connectivity index (χ0v) is 23.0. The van der Waals surface area contributed by atoms with Gasteiger partial charge in [-0.3, -0.25) is 4.79 Å². The van der Waals surface area contributed by atoms with Gasteiger partial charge in [0.25, 0.3) is 6.47 Å². The lowest BCUT2D eigenvalue weighted by Crippen LogP contribution is -2.67. The fourth-order valence-corrected chi connectivity index (χ4v) is 12.3. The summed E-state index contributed by atoms with van der Waals surface area (Å²) in [6.07, 6.45) is 13.7. The summed E-state index contributed by atoms with van der Waals surface area (Å²) in [4.78, 5) is 11.3. The first-order valence-electron chi connectivity index (χ1n) is 14.6. The zero-order chi connectivity index (χ0) is 24.4. The molecule has 0 N–H and O–H groups in total. The summed E-state index contributed by atoms with van der Waals surface area (Å²) in [5.74, 6) is 3.00. The monoisotopic (exact) mass is 470 g/mol. The molecular formula is C31H50O3. The van der Waals surface area contributed by atoms with Crippen LogP contribution in [0.25, 0.3) is 0 Å². The average Bonchev–Trinajstić information content (AvgIpc) is 3.10. The van der Waals surface area contributed by atoms with Gasteiger partial charge in [0.1, 0.15) is 6.10 Å². The van der Waals surface area contributed by atoms with Gasteiger partial charge in [0, 0.05) is 5.41 Å². The van der Waals surface area contributed by atoms with E-state index in [0.29, 0.717) is 45.6 Å². The molecule has 6 fully saturated rings. The highest BCUT2D eigenvalue weighted by atomic mass is 16.5. The molecule has 34 heavy (non-hydrogen) atoms. The van der Waals surface area contributed by atoms with Crippen LogP contribution < -0.4 is 0 Å². The molecule has 1 heterocycles. The van der Waals surface area contributed by atoms with Crippen LogP contribution in [0.15, 0.2) is 0 Å². The Bertz CT molecular complexity index is 863. The van der Waals surface area contributed by atoms with Crippen molar-refractivity contribution in [2.24, 2.45) is 56.2 Å². The maximum absolute atomic E-state index is 11.3. The minimum atomic E-state index is 0.0595. The predicted octanol–water partition coefficient (Wildman–Crippen LogP) is 7.42. The van der Waals surface area contributed by atoms with Gasteiger partial charge < -0.3 is 9.47 Å². The lowest BCUT2D eigenvalue weighted by atomic mass is 9.31. The molecule has 3 heteroatoms. The number of hydrogen-bond donors (Lipinski definition) is 0. The molecule has 0 aromatic rings. The minimum absolute atomic E-state index is 0.0595. The molecular weight excluding hydrogens is 420 g/mol. The third-order valence-electron chi connectivity index (χ3n) is 14.3. The van der Waals surface area contributed by atoms with E-state index in [9.17, 15) is 4.79 Å². The van der Waals surface area contributed by atoms with Crippen LogP contribution >= 0.6 is 0 Å². The molecule has 6 rings (SSSR count). The van der Waals surface area contributed by atoms with Crippen molar-refractivity contribution in [2.75, 3.05) is 6.61 Å². The van der Waals surface area contributed by atoms with Gasteiger partial charge in [-0.05, 0) is 115 Å². The van der Waals surface area contributed by atoms with Crippen LogP contribution in [-0.4, -0.2) is 25.3 Å². The number of hydrogen-bond acceptors (Lipinski definition) is 3. The molecule has 1 unspecified atom stereocenters. The standard InChI is InChI=1S/C31H50O3/c1-26(2)14-16-31-17-15-29(6)20(24(31)25(26)33-18-31)8-9-22-28(5)12-11-23(34-19-32)27(3,4)21(28)10-13-30(22,29)7/h19-25H,8-18H2,1-7H3/t20-,21+,22-,23+,24?,25+,28+,29-,30-,31-/m1/s1. The predicted molar refractivity (Wildman–Crippen MR) is 135 cm³/mol. The van der Waals surface area contributed by atoms with Crippen molar-refractivity contribution in [3.8, 4) is 0 Å². The van der Waals surface area contributed by atoms with Crippen molar-refractivity contribution in [1.82, 2.24) is 0 Å². The molecule has 1 saturated heterocycles.